The molecule has 1 aliphatic heterocycles. The summed E-state index contributed by atoms with van der Waals surface area (Å²) in [5.41, 5.74) is 9.01. The van der Waals surface area contributed by atoms with E-state index in [9.17, 15) is 9.59 Å². The molecule has 0 saturated carbocycles. The Bertz CT molecular complexity index is 824. The summed E-state index contributed by atoms with van der Waals surface area (Å²) in [5.74, 6) is 0.257. The second-order valence-corrected chi connectivity index (χ2v) is 6.59. The summed E-state index contributed by atoms with van der Waals surface area (Å²) in [7, 11) is 1.62. The highest BCUT2D eigenvalue weighted by Gasteiger charge is 2.34. The van der Waals surface area contributed by atoms with Gasteiger partial charge in [-0.25, -0.2) is 0 Å². The lowest BCUT2D eigenvalue weighted by atomic mass is 10.1. The molecule has 1 atom stereocenters. The molecule has 0 aromatic heterocycles. The molecule has 0 aliphatic carbocycles. The van der Waals surface area contributed by atoms with E-state index in [-0.39, 0.29) is 36.6 Å². The number of anilines is 2. The van der Waals surface area contributed by atoms with Crippen LogP contribution in [0.25, 0.3) is 0 Å². The van der Waals surface area contributed by atoms with Crippen LogP contribution in [-0.2, 0) is 16.1 Å². The number of carbonyl (C=O) groups is 2. The van der Waals surface area contributed by atoms with Crippen LogP contribution in [0.15, 0.2) is 42.5 Å². The van der Waals surface area contributed by atoms with Crippen LogP contribution in [0.2, 0.25) is 0 Å². The van der Waals surface area contributed by atoms with E-state index in [0.29, 0.717) is 24.5 Å². The minimum Gasteiger partial charge on any atom is -0.497 e. The van der Waals surface area contributed by atoms with Gasteiger partial charge in [0.25, 0.3) is 0 Å². The number of aryl methyl sites for hydroxylation is 1. The summed E-state index contributed by atoms with van der Waals surface area (Å²) >= 11 is 0. The Kier molecular flexibility index (Phi) is 6.69. The zero-order valence-corrected chi connectivity index (χ0v) is 16.2. The van der Waals surface area contributed by atoms with E-state index in [4.69, 9.17) is 10.5 Å². The number of nitrogens with one attached hydrogen (secondary N) is 1. The molecule has 2 aromatic rings. The average Bonchev–Trinajstić information content (AvgIpc) is 2.99. The molecule has 27 heavy (non-hydrogen) atoms. The third kappa shape index (κ3) is 4.92. The van der Waals surface area contributed by atoms with Crippen molar-refractivity contribution in [1.29, 1.82) is 0 Å². The highest BCUT2D eigenvalue weighted by atomic mass is 35.5. The van der Waals surface area contributed by atoms with Crippen molar-refractivity contribution in [2.45, 2.75) is 19.9 Å². The normalized spacial score (nSPS) is 16.0. The van der Waals surface area contributed by atoms with Gasteiger partial charge in [0.05, 0.1) is 13.0 Å². The fourth-order valence-corrected chi connectivity index (χ4v) is 3.06. The van der Waals surface area contributed by atoms with Crippen LogP contribution < -0.4 is 15.8 Å². The monoisotopic (exact) mass is 389 g/mol. The van der Waals surface area contributed by atoms with Gasteiger partial charge in [-0.3, -0.25) is 9.59 Å². The van der Waals surface area contributed by atoms with Crippen LogP contribution in [0.5, 0.6) is 5.75 Å². The Morgan fingerprint density at radius 1 is 1.26 bits per heavy atom. The molecule has 1 saturated heterocycles. The summed E-state index contributed by atoms with van der Waals surface area (Å²) in [6, 6.07) is 13.0. The maximum absolute atomic E-state index is 12.6. The number of hydrogen-bond donors (Lipinski definition) is 2. The van der Waals surface area contributed by atoms with Gasteiger partial charge in [-0.1, -0.05) is 18.2 Å². The summed E-state index contributed by atoms with van der Waals surface area (Å²) in [6.07, 6.45) is 0.226. The third-order valence-corrected chi connectivity index (χ3v) is 4.64. The standard InChI is InChI=1S/C20H23N3O3.ClH/c1-13-3-6-16(21)10-18(13)22-20(25)15-9-19(24)23(12-15)11-14-4-7-17(26-2)8-5-14;/h3-8,10,15H,9,11-12,21H2,1-2H3,(H,22,25);1H. The number of halogens is 1. The smallest absolute Gasteiger partial charge is 0.229 e. The fourth-order valence-electron chi connectivity index (χ4n) is 3.06. The summed E-state index contributed by atoms with van der Waals surface area (Å²) in [4.78, 5) is 26.6. The number of ether oxygens (including phenoxy) is 1. The Labute approximate surface area is 165 Å². The van der Waals surface area contributed by atoms with Crippen molar-refractivity contribution < 1.29 is 14.3 Å². The van der Waals surface area contributed by atoms with E-state index >= 15 is 0 Å². The quantitative estimate of drug-likeness (QED) is 0.770. The first-order valence-corrected chi connectivity index (χ1v) is 8.54. The molecule has 3 N–H and O–H groups in total. The third-order valence-electron chi connectivity index (χ3n) is 4.64. The predicted molar refractivity (Wildman–Crippen MR) is 108 cm³/mol. The predicted octanol–water partition coefficient (Wildman–Crippen LogP) is 2.99. The lowest BCUT2D eigenvalue weighted by molar-refractivity contribution is -0.128. The topological polar surface area (TPSA) is 84.7 Å². The molecule has 0 spiro atoms. The Balaban J connectivity index is 0.00000261. The average molecular weight is 390 g/mol. The molecular weight excluding hydrogens is 366 g/mol. The summed E-state index contributed by atoms with van der Waals surface area (Å²) < 4.78 is 5.14. The summed E-state index contributed by atoms with van der Waals surface area (Å²) in [6.45, 7) is 2.81. The number of nitrogens with two attached hydrogens (primary N) is 1. The molecule has 1 heterocycles. The van der Waals surface area contributed by atoms with Crippen LogP contribution in [0.4, 0.5) is 11.4 Å². The van der Waals surface area contributed by atoms with Crippen LogP contribution in [-0.4, -0.2) is 30.4 Å². The largest absolute Gasteiger partial charge is 0.497 e. The molecule has 144 valence electrons. The van der Waals surface area contributed by atoms with Crippen molar-refractivity contribution in [3.8, 4) is 5.75 Å². The van der Waals surface area contributed by atoms with Gasteiger partial charge in [0.15, 0.2) is 0 Å². The maximum Gasteiger partial charge on any atom is 0.229 e. The second-order valence-electron chi connectivity index (χ2n) is 6.59. The Hall–Kier alpha value is -2.73. The minimum atomic E-state index is -0.360. The molecule has 3 rings (SSSR count). The number of rotatable bonds is 5. The SMILES string of the molecule is COc1ccc(CN2CC(C(=O)Nc3cc(N)ccc3C)CC2=O)cc1.Cl. The van der Waals surface area contributed by atoms with Gasteiger partial charge in [0.1, 0.15) is 5.75 Å². The lowest BCUT2D eigenvalue weighted by Gasteiger charge is -2.17. The Morgan fingerprint density at radius 2 is 1.96 bits per heavy atom. The first kappa shape index (κ1) is 20.6. The van der Waals surface area contributed by atoms with Crippen molar-refractivity contribution in [3.05, 3.63) is 53.6 Å². The van der Waals surface area contributed by atoms with Gasteiger partial charge in [0, 0.05) is 30.9 Å². The van der Waals surface area contributed by atoms with Crippen molar-refractivity contribution in [1.82, 2.24) is 4.90 Å². The van der Waals surface area contributed by atoms with E-state index in [1.54, 1.807) is 24.1 Å². The van der Waals surface area contributed by atoms with Crippen LogP contribution in [0, 0.1) is 12.8 Å². The lowest BCUT2D eigenvalue weighted by Crippen LogP contribution is -2.28. The van der Waals surface area contributed by atoms with Crippen molar-refractivity contribution >= 4 is 35.6 Å². The van der Waals surface area contributed by atoms with Crippen molar-refractivity contribution in [3.63, 3.8) is 0 Å². The van der Waals surface area contributed by atoms with E-state index in [0.717, 1.165) is 16.9 Å². The molecule has 0 radical (unpaired) electrons. The number of hydrogen-bond acceptors (Lipinski definition) is 4. The van der Waals surface area contributed by atoms with E-state index in [2.05, 4.69) is 5.32 Å². The second kappa shape index (κ2) is 8.77. The highest BCUT2D eigenvalue weighted by Crippen LogP contribution is 2.24. The molecule has 1 unspecified atom stereocenters. The number of nitrogens with zero attached hydrogens (tertiary/aromatic N) is 1. The number of likely N-dealkylation sites (tertiary alicyclic amines) is 1. The zero-order valence-electron chi connectivity index (χ0n) is 15.4. The van der Waals surface area contributed by atoms with Gasteiger partial charge in [-0.05, 0) is 42.3 Å². The molecule has 2 aromatic carbocycles. The summed E-state index contributed by atoms with van der Waals surface area (Å²) in [5, 5.41) is 2.90. The van der Waals surface area contributed by atoms with Gasteiger partial charge in [0.2, 0.25) is 11.8 Å². The molecule has 7 heteroatoms. The van der Waals surface area contributed by atoms with Crippen LogP contribution in [0.3, 0.4) is 0 Å². The molecule has 2 amide bonds. The number of carbonyl (C=O) groups excluding carboxylic acids is 2. The van der Waals surface area contributed by atoms with E-state index < -0.39 is 0 Å². The van der Waals surface area contributed by atoms with Crippen molar-refractivity contribution in [2.24, 2.45) is 5.92 Å². The van der Waals surface area contributed by atoms with Crippen molar-refractivity contribution in [2.75, 3.05) is 24.7 Å². The van der Waals surface area contributed by atoms with Gasteiger partial charge < -0.3 is 20.7 Å². The fraction of sp³-hybridized carbons (Fsp3) is 0.300. The first-order valence-electron chi connectivity index (χ1n) is 8.54. The first-order chi connectivity index (χ1) is 12.5. The molecule has 6 nitrogen and oxygen atoms in total. The number of methoxy groups -OCH3 is 1. The van der Waals surface area contributed by atoms with Gasteiger partial charge >= 0.3 is 0 Å². The van der Waals surface area contributed by atoms with Crippen LogP contribution >= 0.6 is 12.4 Å². The number of nitrogen functional groups attached to an aromatic ring is 1. The minimum absolute atomic E-state index is 0. The molecular formula is C20H24ClN3O3. The Morgan fingerprint density at radius 3 is 2.63 bits per heavy atom. The number of benzene rings is 2. The maximum atomic E-state index is 12.6. The van der Waals surface area contributed by atoms with Gasteiger partial charge in [-0.2, -0.15) is 0 Å². The molecule has 0 bridgehead atoms. The molecule has 1 fully saturated rings. The molecule has 1 aliphatic rings. The zero-order chi connectivity index (χ0) is 18.7. The highest BCUT2D eigenvalue weighted by molar-refractivity contribution is 5.98. The van der Waals surface area contributed by atoms with Gasteiger partial charge in [-0.15, -0.1) is 12.4 Å². The van der Waals surface area contributed by atoms with E-state index in [1.807, 2.05) is 37.3 Å². The number of amides is 2. The van der Waals surface area contributed by atoms with Crippen LogP contribution in [0.1, 0.15) is 17.5 Å². The van der Waals surface area contributed by atoms with E-state index in [1.165, 1.54) is 0 Å².